The monoisotopic (exact) mass is 310 g/mol. The van der Waals surface area contributed by atoms with E-state index in [1.54, 1.807) is 0 Å². The Morgan fingerprint density at radius 2 is 2.19 bits per heavy atom. The average Bonchev–Trinajstić information content (AvgIpc) is 2.71. The molecule has 2 rings (SSSR count). The highest BCUT2D eigenvalue weighted by Crippen LogP contribution is 2.38. The zero-order chi connectivity index (χ0) is 15.4. The van der Waals surface area contributed by atoms with Crippen LogP contribution in [-0.2, 0) is 4.79 Å². The second kappa shape index (κ2) is 7.14. The number of hydrogen-bond donors (Lipinski definition) is 2. The van der Waals surface area contributed by atoms with Crippen LogP contribution in [0.2, 0.25) is 5.02 Å². The number of hydrogen-bond acceptors (Lipinski definition) is 3. The fourth-order valence-electron chi connectivity index (χ4n) is 2.27. The maximum atomic E-state index is 12.0. The highest BCUT2D eigenvalue weighted by atomic mass is 35.5. The van der Waals surface area contributed by atoms with E-state index < -0.39 is 0 Å². The van der Waals surface area contributed by atoms with Gasteiger partial charge >= 0.3 is 0 Å². The molecule has 0 saturated carbocycles. The Morgan fingerprint density at radius 1 is 1.43 bits per heavy atom. The van der Waals surface area contributed by atoms with Gasteiger partial charge in [0.2, 0.25) is 5.91 Å². The van der Waals surface area contributed by atoms with Crippen LogP contribution in [0.5, 0.6) is 5.75 Å². The van der Waals surface area contributed by atoms with Gasteiger partial charge in [-0.05, 0) is 31.4 Å². The lowest BCUT2D eigenvalue weighted by Gasteiger charge is -2.13. The summed E-state index contributed by atoms with van der Waals surface area (Å²) >= 11 is 6.28. The second-order valence-electron chi connectivity index (χ2n) is 5.78. The first-order chi connectivity index (χ1) is 10.0. The summed E-state index contributed by atoms with van der Waals surface area (Å²) in [4.78, 5) is 12.0. The SMILES string of the molecule is CCCNC1C(=O)Nc2cc(OCCC(C)C)c(Cl)cc21. The van der Waals surface area contributed by atoms with Gasteiger partial charge in [0.05, 0.1) is 11.6 Å². The molecule has 1 aromatic carbocycles. The third-order valence-electron chi connectivity index (χ3n) is 3.49. The predicted molar refractivity (Wildman–Crippen MR) is 86.1 cm³/mol. The van der Waals surface area contributed by atoms with Crippen molar-refractivity contribution in [3.63, 3.8) is 0 Å². The molecule has 5 heteroatoms. The maximum absolute atomic E-state index is 12.0. The molecule has 21 heavy (non-hydrogen) atoms. The first-order valence-electron chi connectivity index (χ1n) is 7.53. The van der Waals surface area contributed by atoms with Crippen molar-refractivity contribution in [3.8, 4) is 5.75 Å². The van der Waals surface area contributed by atoms with E-state index in [1.807, 2.05) is 12.1 Å². The van der Waals surface area contributed by atoms with Crippen LogP contribution >= 0.6 is 11.6 Å². The lowest BCUT2D eigenvalue weighted by atomic mass is 10.1. The molecule has 1 heterocycles. The number of ether oxygens (including phenoxy) is 1. The topological polar surface area (TPSA) is 50.4 Å². The Labute approximate surface area is 131 Å². The van der Waals surface area contributed by atoms with E-state index in [9.17, 15) is 4.79 Å². The van der Waals surface area contributed by atoms with Crippen LogP contribution in [0.1, 0.15) is 45.2 Å². The van der Waals surface area contributed by atoms with Crippen molar-refractivity contribution in [2.75, 3.05) is 18.5 Å². The summed E-state index contributed by atoms with van der Waals surface area (Å²) in [6.07, 6.45) is 1.95. The molecule has 2 N–H and O–H groups in total. The first kappa shape index (κ1) is 16.1. The fraction of sp³-hybridized carbons (Fsp3) is 0.562. The van der Waals surface area contributed by atoms with Crippen molar-refractivity contribution in [1.82, 2.24) is 5.32 Å². The molecule has 1 amide bonds. The molecule has 0 aliphatic carbocycles. The van der Waals surface area contributed by atoms with Crippen LogP contribution in [0.25, 0.3) is 0 Å². The lowest BCUT2D eigenvalue weighted by Crippen LogP contribution is -2.27. The largest absolute Gasteiger partial charge is 0.492 e. The number of nitrogens with one attached hydrogen (secondary N) is 2. The van der Waals surface area contributed by atoms with Crippen molar-refractivity contribution in [1.29, 1.82) is 0 Å². The van der Waals surface area contributed by atoms with E-state index in [2.05, 4.69) is 31.4 Å². The van der Waals surface area contributed by atoms with Crippen LogP contribution in [-0.4, -0.2) is 19.1 Å². The predicted octanol–water partition coefficient (Wildman–Crippen LogP) is 3.76. The van der Waals surface area contributed by atoms with Crippen molar-refractivity contribution in [2.24, 2.45) is 5.92 Å². The Morgan fingerprint density at radius 3 is 2.86 bits per heavy atom. The number of halogens is 1. The molecule has 116 valence electrons. The van der Waals surface area contributed by atoms with Crippen molar-refractivity contribution >= 4 is 23.2 Å². The molecule has 0 aromatic heterocycles. The molecular weight excluding hydrogens is 288 g/mol. The Kier molecular flexibility index (Phi) is 5.48. The van der Waals surface area contributed by atoms with Gasteiger partial charge in [-0.15, -0.1) is 0 Å². The van der Waals surface area contributed by atoms with Gasteiger partial charge in [-0.2, -0.15) is 0 Å². The number of carbonyl (C=O) groups excluding carboxylic acids is 1. The zero-order valence-corrected chi connectivity index (χ0v) is 13.6. The van der Waals surface area contributed by atoms with Gasteiger partial charge in [0.15, 0.2) is 0 Å². The third kappa shape index (κ3) is 3.89. The number of rotatable bonds is 7. The molecule has 0 fully saturated rings. The van der Waals surface area contributed by atoms with Gasteiger partial charge in [0, 0.05) is 17.3 Å². The van der Waals surface area contributed by atoms with E-state index in [0.29, 0.717) is 23.3 Å². The molecule has 1 unspecified atom stereocenters. The van der Waals surface area contributed by atoms with Gasteiger partial charge < -0.3 is 15.4 Å². The summed E-state index contributed by atoms with van der Waals surface area (Å²) < 4.78 is 5.72. The number of anilines is 1. The summed E-state index contributed by atoms with van der Waals surface area (Å²) in [5, 5.41) is 6.67. The second-order valence-corrected chi connectivity index (χ2v) is 6.18. The van der Waals surface area contributed by atoms with Gasteiger partial charge in [0.25, 0.3) is 0 Å². The highest BCUT2D eigenvalue weighted by Gasteiger charge is 2.31. The molecule has 1 aliphatic rings. The summed E-state index contributed by atoms with van der Waals surface area (Å²) in [5.74, 6) is 1.18. The zero-order valence-electron chi connectivity index (χ0n) is 12.8. The Bertz CT molecular complexity index is 517. The maximum Gasteiger partial charge on any atom is 0.246 e. The Balaban J connectivity index is 2.12. The standard InChI is InChI=1S/C16H23ClN2O2/c1-4-6-18-15-11-8-12(17)14(21-7-5-10(2)3)9-13(11)19-16(15)20/h8-10,15,18H,4-7H2,1-3H3,(H,19,20). The molecule has 0 spiro atoms. The highest BCUT2D eigenvalue weighted by molar-refractivity contribution is 6.32. The minimum Gasteiger partial charge on any atom is -0.492 e. The first-order valence-corrected chi connectivity index (χ1v) is 7.91. The van der Waals surface area contributed by atoms with Crippen LogP contribution in [0.4, 0.5) is 5.69 Å². The molecule has 0 saturated heterocycles. The normalized spacial score (nSPS) is 17.0. The molecular formula is C16H23ClN2O2. The molecule has 1 aliphatic heterocycles. The molecule has 0 bridgehead atoms. The van der Waals surface area contributed by atoms with Gasteiger partial charge in [-0.1, -0.05) is 32.4 Å². The molecule has 1 aromatic rings. The summed E-state index contributed by atoms with van der Waals surface area (Å²) in [6.45, 7) is 7.79. The third-order valence-corrected chi connectivity index (χ3v) is 3.78. The van der Waals surface area contributed by atoms with E-state index in [4.69, 9.17) is 16.3 Å². The van der Waals surface area contributed by atoms with Crippen LogP contribution < -0.4 is 15.4 Å². The minimum atomic E-state index is -0.317. The van der Waals surface area contributed by atoms with E-state index in [1.165, 1.54) is 0 Å². The molecule has 0 radical (unpaired) electrons. The summed E-state index contributed by atoms with van der Waals surface area (Å²) in [7, 11) is 0. The fourth-order valence-corrected chi connectivity index (χ4v) is 2.50. The summed E-state index contributed by atoms with van der Waals surface area (Å²) in [5.41, 5.74) is 1.69. The van der Waals surface area contributed by atoms with E-state index >= 15 is 0 Å². The number of carbonyl (C=O) groups is 1. The van der Waals surface area contributed by atoms with Crippen LogP contribution in [0.3, 0.4) is 0 Å². The quantitative estimate of drug-likeness (QED) is 0.806. The minimum absolute atomic E-state index is 0.0335. The molecule has 4 nitrogen and oxygen atoms in total. The van der Waals surface area contributed by atoms with Crippen LogP contribution in [0.15, 0.2) is 12.1 Å². The van der Waals surface area contributed by atoms with Gasteiger partial charge in [0.1, 0.15) is 11.8 Å². The van der Waals surface area contributed by atoms with Gasteiger partial charge in [-0.3, -0.25) is 4.79 Å². The summed E-state index contributed by atoms with van der Waals surface area (Å²) in [6, 6.07) is 3.33. The number of benzene rings is 1. The van der Waals surface area contributed by atoms with Crippen molar-refractivity contribution in [3.05, 3.63) is 22.7 Å². The van der Waals surface area contributed by atoms with Crippen molar-refractivity contribution < 1.29 is 9.53 Å². The average molecular weight is 311 g/mol. The van der Waals surface area contributed by atoms with Gasteiger partial charge in [-0.25, -0.2) is 0 Å². The lowest BCUT2D eigenvalue weighted by molar-refractivity contribution is -0.117. The van der Waals surface area contributed by atoms with E-state index in [-0.39, 0.29) is 11.9 Å². The van der Waals surface area contributed by atoms with E-state index in [0.717, 1.165) is 30.6 Å². The Hall–Kier alpha value is -1.26. The number of fused-ring (bicyclic) bond motifs is 1. The number of amides is 1. The smallest absolute Gasteiger partial charge is 0.246 e. The molecule has 1 atom stereocenters. The van der Waals surface area contributed by atoms with Crippen molar-refractivity contribution in [2.45, 2.75) is 39.7 Å². The van der Waals surface area contributed by atoms with Crippen LogP contribution in [0, 0.1) is 5.92 Å².